The number of H-pyrrole nitrogens is 1. The Balaban J connectivity index is 1.33. The number of fused-ring (bicyclic) bond motifs is 1. The Morgan fingerprint density at radius 1 is 1.07 bits per heavy atom. The number of aromatic amines is 1. The second-order valence-corrected chi connectivity index (χ2v) is 6.43. The van der Waals surface area contributed by atoms with E-state index in [-0.39, 0.29) is 5.91 Å². The molecule has 1 amide bonds. The molecule has 0 saturated heterocycles. The van der Waals surface area contributed by atoms with Crippen LogP contribution in [0.4, 0.5) is 15.9 Å². The van der Waals surface area contributed by atoms with E-state index in [1.54, 1.807) is 24.3 Å². The predicted molar refractivity (Wildman–Crippen MR) is 109 cm³/mol. The molecule has 28 heavy (non-hydrogen) atoms. The van der Waals surface area contributed by atoms with Gasteiger partial charge in [-0.15, -0.1) is 0 Å². The minimum atomic E-state index is -0.398. The minimum absolute atomic E-state index is 0.330. The first kappa shape index (κ1) is 17.7. The SMILES string of the molecule is O=C(Nc1cccc(F)c1)c1ccc(NCCc2c[nH]c3ccccc23)nc1. The third-order valence-corrected chi connectivity index (χ3v) is 4.48. The molecule has 2 heterocycles. The van der Waals surface area contributed by atoms with Gasteiger partial charge in [-0.3, -0.25) is 4.79 Å². The highest BCUT2D eigenvalue weighted by molar-refractivity contribution is 6.04. The molecule has 5 nitrogen and oxygen atoms in total. The van der Waals surface area contributed by atoms with E-state index < -0.39 is 5.82 Å². The molecule has 2 aromatic heterocycles. The number of benzene rings is 2. The van der Waals surface area contributed by atoms with Gasteiger partial charge in [-0.25, -0.2) is 9.37 Å². The van der Waals surface area contributed by atoms with Crippen LogP contribution < -0.4 is 10.6 Å². The molecule has 0 fully saturated rings. The van der Waals surface area contributed by atoms with E-state index >= 15 is 0 Å². The second-order valence-electron chi connectivity index (χ2n) is 6.43. The van der Waals surface area contributed by atoms with Gasteiger partial charge < -0.3 is 15.6 Å². The first-order chi connectivity index (χ1) is 13.7. The average Bonchev–Trinajstić information content (AvgIpc) is 3.12. The van der Waals surface area contributed by atoms with E-state index in [9.17, 15) is 9.18 Å². The van der Waals surface area contributed by atoms with Gasteiger partial charge in [0.1, 0.15) is 11.6 Å². The standard InChI is InChI=1S/C22H19FN4O/c23-17-4-3-5-18(12-17)27-22(28)16-8-9-21(26-14-16)24-11-10-15-13-25-20-7-2-1-6-19(15)20/h1-9,12-14,25H,10-11H2,(H,24,26)(H,27,28). The maximum Gasteiger partial charge on any atom is 0.257 e. The summed E-state index contributed by atoms with van der Waals surface area (Å²) in [6.45, 7) is 0.726. The largest absolute Gasteiger partial charge is 0.370 e. The van der Waals surface area contributed by atoms with Gasteiger partial charge in [0.2, 0.25) is 0 Å². The molecule has 4 rings (SSSR count). The fraction of sp³-hybridized carbons (Fsp3) is 0.0909. The number of nitrogens with one attached hydrogen (secondary N) is 3. The van der Waals surface area contributed by atoms with Crippen molar-refractivity contribution in [3.8, 4) is 0 Å². The normalized spacial score (nSPS) is 10.8. The molecule has 0 saturated carbocycles. The molecule has 0 bridgehead atoms. The van der Waals surface area contributed by atoms with Gasteiger partial charge in [-0.05, 0) is 48.4 Å². The number of hydrogen-bond donors (Lipinski definition) is 3. The minimum Gasteiger partial charge on any atom is -0.370 e. The van der Waals surface area contributed by atoms with E-state index in [1.165, 1.54) is 29.3 Å². The lowest BCUT2D eigenvalue weighted by Gasteiger charge is -2.07. The smallest absolute Gasteiger partial charge is 0.257 e. The molecule has 6 heteroatoms. The van der Waals surface area contributed by atoms with Crippen molar-refractivity contribution >= 4 is 28.3 Å². The highest BCUT2D eigenvalue weighted by Crippen LogP contribution is 2.18. The number of anilines is 2. The number of para-hydroxylation sites is 1. The molecule has 4 aromatic rings. The maximum absolute atomic E-state index is 13.2. The molecule has 0 atom stereocenters. The van der Waals surface area contributed by atoms with Crippen molar-refractivity contribution in [3.63, 3.8) is 0 Å². The number of aromatic nitrogens is 2. The fourth-order valence-electron chi connectivity index (χ4n) is 3.07. The Morgan fingerprint density at radius 2 is 1.96 bits per heavy atom. The van der Waals surface area contributed by atoms with E-state index in [4.69, 9.17) is 0 Å². The number of nitrogens with zero attached hydrogens (tertiary/aromatic N) is 1. The summed E-state index contributed by atoms with van der Waals surface area (Å²) in [6.07, 6.45) is 4.38. The summed E-state index contributed by atoms with van der Waals surface area (Å²) in [4.78, 5) is 19.8. The molecular weight excluding hydrogens is 355 g/mol. The van der Waals surface area contributed by atoms with Gasteiger partial charge >= 0.3 is 0 Å². The summed E-state index contributed by atoms with van der Waals surface area (Å²) in [7, 11) is 0. The molecule has 2 aromatic carbocycles. The highest BCUT2D eigenvalue weighted by atomic mass is 19.1. The zero-order chi connectivity index (χ0) is 19.3. The number of halogens is 1. The third kappa shape index (κ3) is 4.01. The molecule has 0 aliphatic rings. The number of carbonyl (C=O) groups is 1. The first-order valence-electron chi connectivity index (χ1n) is 9.01. The molecule has 0 aliphatic carbocycles. The molecule has 140 valence electrons. The van der Waals surface area contributed by atoms with Gasteiger partial charge in [0.25, 0.3) is 5.91 Å². The van der Waals surface area contributed by atoms with Crippen LogP contribution in [0.15, 0.2) is 73.1 Å². The molecule has 0 unspecified atom stereocenters. The van der Waals surface area contributed by atoms with Crippen LogP contribution in [0.25, 0.3) is 10.9 Å². The van der Waals surface area contributed by atoms with Crippen molar-refractivity contribution in [2.75, 3.05) is 17.2 Å². The van der Waals surface area contributed by atoms with Crippen molar-refractivity contribution in [3.05, 3.63) is 90.0 Å². The summed E-state index contributed by atoms with van der Waals surface area (Å²) in [5, 5.41) is 7.14. The van der Waals surface area contributed by atoms with Crippen LogP contribution in [0, 0.1) is 5.82 Å². The second kappa shape index (κ2) is 7.92. The third-order valence-electron chi connectivity index (χ3n) is 4.48. The number of hydrogen-bond acceptors (Lipinski definition) is 3. The van der Waals surface area contributed by atoms with Crippen molar-refractivity contribution in [2.45, 2.75) is 6.42 Å². The van der Waals surface area contributed by atoms with Crippen LogP contribution in [0.5, 0.6) is 0 Å². The zero-order valence-electron chi connectivity index (χ0n) is 15.1. The lowest BCUT2D eigenvalue weighted by Crippen LogP contribution is -2.13. The van der Waals surface area contributed by atoms with Gasteiger partial charge in [-0.2, -0.15) is 0 Å². The van der Waals surface area contributed by atoms with Crippen LogP contribution in [0.3, 0.4) is 0 Å². The highest BCUT2D eigenvalue weighted by Gasteiger charge is 2.08. The molecule has 0 aliphatic heterocycles. The number of carbonyl (C=O) groups excluding carboxylic acids is 1. The number of amides is 1. The Bertz CT molecular complexity index is 1100. The van der Waals surface area contributed by atoms with E-state index in [0.29, 0.717) is 17.1 Å². The maximum atomic E-state index is 13.2. The predicted octanol–water partition coefficient (Wildman–Crippen LogP) is 4.61. The van der Waals surface area contributed by atoms with Crippen LogP contribution in [0.1, 0.15) is 15.9 Å². The van der Waals surface area contributed by atoms with E-state index in [0.717, 1.165) is 18.5 Å². The van der Waals surface area contributed by atoms with Crippen molar-refractivity contribution in [2.24, 2.45) is 0 Å². The van der Waals surface area contributed by atoms with Crippen molar-refractivity contribution in [1.82, 2.24) is 9.97 Å². The van der Waals surface area contributed by atoms with Crippen LogP contribution in [-0.4, -0.2) is 22.4 Å². The molecule has 0 spiro atoms. The number of rotatable bonds is 6. The Kier molecular flexibility index (Phi) is 5.01. The van der Waals surface area contributed by atoms with Crippen molar-refractivity contribution < 1.29 is 9.18 Å². The quantitative estimate of drug-likeness (QED) is 0.462. The van der Waals surface area contributed by atoms with Gasteiger partial charge in [0, 0.05) is 35.5 Å². The molecule has 0 radical (unpaired) electrons. The Morgan fingerprint density at radius 3 is 2.79 bits per heavy atom. The fourth-order valence-corrected chi connectivity index (χ4v) is 3.07. The molecular formula is C22H19FN4O. The van der Waals surface area contributed by atoms with E-state index in [2.05, 4.69) is 32.7 Å². The topological polar surface area (TPSA) is 69.8 Å². The van der Waals surface area contributed by atoms with Crippen molar-refractivity contribution in [1.29, 1.82) is 0 Å². The summed E-state index contributed by atoms with van der Waals surface area (Å²) >= 11 is 0. The van der Waals surface area contributed by atoms with Gasteiger partial charge in [0.15, 0.2) is 0 Å². The summed E-state index contributed by atoms with van der Waals surface area (Å²) < 4.78 is 13.2. The van der Waals surface area contributed by atoms with Crippen LogP contribution >= 0.6 is 0 Å². The number of pyridine rings is 1. The van der Waals surface area contributed by atoms with Gasteiger partial charge in [0.05, 0.1) is 5.56 Å². The van der Waals surface area contributed by atoms with Crippen LogP contribution in [0.2, 0.25) is 0 Å². The monoisotopic (exact) mass is 374 g/mol. The lowest BCUT2D eigenvalue weighted by molar-refractivity contribution is 0.102. The summed E-state index contributed by atoms with van der Waals surface area (Å²) in [6, 6.07) is 17.4. The Hall–Kier alpha value is -3.67. The van der Waals surface area contributed by atoms with E-state index in [1.807, 2.05) is 18.3 Å². The Labute approximate surface area is 161 Å². The first-order valence-corrected chi connectivity index (χ1v) is 9.01. The lowest BCUT2D eigenvalue weighted by atomic mass is 10.1. The summed E-state index contributed by atoms with van der Waals surface area (Å²) in [5.74, 6) is -0.0312. The van der Waals surface area contributed by atoms with Crippen LogP contribution in [-0.2, 0) is 6.42 Å². The zero-order valence-corrected chi connectivity index (χ0v) is 15.1. The van der Waals surface area contributed by atoms with Gasteiger partial charge in [-0.1, -0.05) is 24.3 Å². The summed E-state index contributed by atoms with van der Waals surface area (Å²) in [5.41, 5.74) is 3.19. The molecule has 3 N–H and O–H groups in total. The average molecular weight is 374 g/mol.